The topological polar surface area (TPSA) is 44.1 Å². The zero-order valence-electron chi connectivity index (χ0n) is 15.6. The smallest absolute Gasteiger partial charge is 0.163 e. The Balaban J connectivity index is 1.69. The van der Waals surface area contributed by atoms with E-state index >= 15 is 0 Å². The minimum Gasteiger partial charge on any atom is -0.484 e. The molecule has 1 heterocycles. The molecular weight excluding hydrogens is 336 g/mol. The summed E-state index contributed by atoms with van der Waals surface area (Å²) in [5, 5.41) is 0. The first-order chi connectivity index (χ1) is 13.3. The van der Waals surface area contributed by atoms with E-state index in [1.54, 1.807) is 6.20 Å². The number of carbonyl (C=O) groups excluding carboxylic acids is 1. The number of aromatic nitrogens is 2. The molecule has 4 nitrogen and oxygen atoms in total. The van der Waals surface area contributed by atoms with Crippen LogP contribution in [0, 0.1) is 0 Å². The fourth-order valence-corrected chi connectivity index (χ4v) is 3.89. The molecule has 1 aliphatic carbocycles. The highest BCUT2D eigenvalue weighted by Crippen LogP contribution is 2.34. The van der Waals surface area contributed by atoms with E-state index in [0.29, 0.717) is 13.0 Å². The molecule has 0 bridgehead atoms. The molecule has 27 heavy (non-hydrogen) atoms. The molecule has 2 aromatic carbocycles. The second-order valence-corrected chi connectivity index (χ2v) is 6.98. The van der Waals surface area contributed by atoms with Crippen molar-refractivity contribution in [2.45, 2.75) is 45.3 Å². The van der Waals surface area contributed by atoms with Crippen LogP contribution in [-0.2, 0) is 19.4 Å². The number of carbonyl (C=O) groups is 1. The molecule has 0 amide bonds. The SMILES string of the molecule is CCc1c(O[C@H](Cn2ccnc2)c2ccccc2)ccc2c1CCCC2=O. The van der Waals surface area contributed by atoms with Gasteiger partial charge in [0.2, 0.25) is 0 Å². The van der Waals surface area contributed by atoms with E-state index in [0.717, 1.165) is 36.1 Å². The maximum atomic E-state index is 12.3. The third-order valence-corrected chi connectivity index (χ3v) is 5.25. The molecular formula is C23H24N2O2. The number of ketones is 1. The van der Waals surface area contributed by atoms with Gasteiger partial charge in [0.15, 0.2) is 5.78 Å². The molecule has 0 N–H and O–H groups in total. The minimum absolute atomic E-state index is 0.122. The number of Topliss-reactive ketones (excluding diaryl/α,β-unsaturated/α-hetero) is 1. The van der Waals surface area contributed by atoms with Gasteiger partial charge in [0.05, 0.1) is 12.9 Å². The Bertz CT molecular complexity index is 917. The molecule has 3 aromatic rings. The van der Waals surface area contributed by atoms with E-state index < -0.39 is 0 Å². The lowest BCUT2D eigenvalue weighted by Crippen LogP contribution is -2.18. The third-order valence-electron chi connectivity index (χ3n) is 5.25. The maximum absolute atomic E-state index is 12.3. The molecule has 4 rings (SSSR count). The second-order valence-electron chi connectivity index (χ2n) is 6.98. The fraction of sp³-hybridized carbons (Fsp3) is 0.304. The Morgan fingerprint density at radius 3 is 2.74 bits per heavy atom. The molecule has 0 aliphatic heterocycles. The largest absolute Gasteiger partial charge is 0.484 e. The van der Waals surface area contributed by atoms with Crippen LogP contribution in [0.5, 0.6) is 5.75 Å². The lowest BCUT2D eigenvalue weighted by Gasteiger charge is -2.25. The molecule has 138 valence electrons. The second kappa shape index (κ2) is 7.78. The van der Waals surface area contributed by atoms with Crippen molar-refractivity contribution in [3.05, 3.63) is 83.4 Å². The maximum Gasteiger partial charge on any atom is 0.163 e. The van der Waals surface area contributed by atoms with Gasteiger partial charge in [-0.05, 0) is 48.1 Å². The van der Waals surface area contributed by atoms with Crippen LogP contribution >= 0.6 is 0 Å². The van der Waals surface area contributed by atoms with Gasteiger partial charge in [-0.1, -0.05) is 37.3 Å². The Kier molecular flexibility index (Phi) is 5.05. The molecule has 0 saturated carbocycles. The van der Waals surface area contributed by atoms with Gasteiger partial charge >= 0.3 is 0 Å². The number of fused-ring (bicyclic) bond motifs is 1. The minimum atomic E-state index is -0.122. The fourth-order valence-electron chi connectivity index (χ4n) is 3.89. The van der Waals surface area contributed by atoms with Gasteiger partial charge in [0.1, 0.15) is 11.9 Å². The van der Waals surface area contributed by atoms with Gasteiger partial charge in [-0.15, -0.1) is 0 Å². The highest BCUT2D eigenvalue weighted by Gasteiger charge is 2.23. The summed E-state index contributed by atoms with van der Waals surface area (Å²) in [4.78, 5) is 16.4. The summed E-state index contributed by atoms with van der Waals surface area (Å²) in [6.45, 7) is 2.82. The van der Waals surface area contributed by atoms with Crippen molar-refractivity contribution >= 4 is 5.78 Å². The van der Waals surface area contributed by atoms with Crippen molar-refractivity contribution in [2.75, 3.05) is 0 Å². The molecule has 0 unspecified atom stereocenters. The number of benzene rings is 2. The summed E-state index contributed by atoms with van der Waals surface area (Å²) < 4.78 is 8.57. The quantitative estimate of drug-likeness (QED) is 0.635. The van der Waals surface area contributed by atoms with Crippen molar-refractivity contribution in [1.29, 1.82) is 0 Å². The Hall–Kier alpha value is -2.88. The zero-order valence-corrected chi connectivity index (χ0v) is 15.6. The zero-order chi connectivity index (χ0) is 18.6. The van der Waals surface area contributed by atoms with E-state index in [-0.39, 0.29) is 11.9 Å². The summed E-state index contributed by atoms with van der Waals surface area (Å²) in [7, 11) is 0. The standard InChI is InChI=1S/C23H24N2O2/c1-2-18-19-9-6-10-21(26)20(19)11-12-22(18)27-23(15-25-14-13-24-16-25)17-7-4-3-5-8-17/h3-5,7-8,11-14,16,23H,2,6,9-10,15H2,1H3/t23-/m1/s1. The van der Waals surface area contributed by atoms with Crippen LogP contribution in [-0.4, -0.2) is 15.3 Å². The Labute approximate surface area is 159 Å². The molecule has 0 spiro atoms. The van der Waals surface area contributed by atoms with Gasteiger partial charge in [-0.25, -0.2) is 4.98 Å². The van der Waals surface area contributed by atoms with Crippen LogP contribution in [0.3, 0.4) is 0 Å². The van der Waals surface area contributed by atoms with Crippen LogP contribution in [0.2, 0.25) is 0 Å². The van der Waals surface area contributed by atoms with Gasteiger partial charge in [0.25, 0.3) is 0 Å². The van der Waals surface area contributed by atoms with Crippen molar-refractivity contribution in [3.8, 4) is 5.75 Å². The van der Waals surface area contributed by atoms with E-state index in [4.69, 9.17) is 4.74 Å². The number of imidazole rings is 1. The van der Waals surface area contributed by atoms with Crippen LogP contribution in [0.15, 0.2) is 61.2 Å². The number of nitrogens with zero attached hydrogens (tertiary/aromatic N) is 2. The average molecular weight is 360 g/mol. The first-order valence-electron chi connectivity index (χ1n) is 9.61. The van der Waals surface area contributed by atoms with Crippen LogP contribution < -0.4 is 4.74 Å². The third kappa shape index (κ3) is 3.65. The van der Waals surface area contributed by atoms with E-state index in [1.807, 2.05) is 47.4 Å². The number of hydrogen-bond donors (Lipinski definition) is 0. The van der Waals surface area contributed by atoms with Crippen LogP contribution in [0.1, 0.15) is 52.9 Å². The highest BCUT2D eigenvalue weighted by molar-refractivity contribution is 5.99. The van der Waals surface area contributed by atoms with Gasteiger partial charge in [-0.2, -0.15) is 0 Å². The molecule has 1 aromatic heterocycles. The predicted molar refractivity (Wildman–Crippen MR) is 105 cm³/mol. The van der Waals surface area contributed by atoms with Gasteiger partial charge in [0, 0.05) is 24.4 Å². The van der Waals surface area contributed by atoms with Crippen molar-refractivity contribution in [2.24, 2.45) is 0 Å². The first kappa shape index (κ1) is 17.5. The van der Waals surface area contributed by atoms with Crippen molar-refractivity contribution < 1.29 is 9.53 Å². The summed E-state index contributed by atoms with van der Waals surface area (Å²) in [5.74, 6) is 1.15. The molecule has 1 aliphatic rings. The number of hydrogen-bond acceptors (Lipinski definition) is 3. The summed E-state index contributed by atoms with van der Waals surface area (Å²) in [6, 6.07) is 14.2. The summed E-state index contributed by atoms with van der Waals surface area (Å²) in [6.07, 6.45) is 8.82. The van der Waals surface area contributed by atoms with Gasteiger partial charge < -0.3 is 9.30 Å². The number of ether oxygens (including phenoxy) is 1. The lowest BCUT2D eigenvalue weighted by molar-refractivity contribution is 0.0972. The highest BCUT2D eigenvalue weighted by atomic mass is 16.5. The first-order valence-corrected chi connectivity index (χ1v) is 9.61. The molecule has 1 atom stereocenters. The molecule has 0 fully saturated rings. The predicted octanol–water partition coefficient (Wildman–Crippen LogP) is 4.78. The van der Waals surface area contributed by atoms with E-state index in [9.17, 15) is 4.79 Å². The van der Waals surface area contributed by atoms with E-state index in [1.165, 1.54) is 11.1 Å². The Morgan fingerprint density at radius 1 is 1.15 bits per heavy atom. The van der Waals surface area contributed by atoms with Gasteiger partial charge in [-0.3, -0.25) is 4.79 Å². The van der Waals surface area contributed by atoms with Crippen LogP contribution in [0.25, 0.3) is 0 Å². The summed E-state index contributed by atoms with van der Waals surface area (Å²) in [5.41, 5.74) is 4.37. The van der Waals surface area contributed by atoms with Crippen LogP contribution in [0.4, 0.5) is 0 Å². The summed E-state index contributed by atoms with van der Waals surface area (Å²) >= 11 is 0. The lowest BCUT2D eigenvalue weighted by atomic mass is 9.86. The molecule has 0 radical (unpaired) electrons. The van der Waals surface area contributed by atoms with Crippen molar-refractivity contribution in [1.82, 2.24) is 9.55 Å². The monoisotopic (exact) mass is 360 g/mol. The van der Waals surface area contributed by atoms with E-state index in [2.05, 4.69) is 24.0 Å². The van der Waals surface area contributed by atoms with Crippen molar-refractivity contribution in [3.63, 3.8) is 0 Å². The number of rotatable bonds is 6. The Morgan fingerprint density at radius 2 is 2.00 bits per heavy atom. The average Bonchev–Trinajstić information content (AvgIpc) is 3.21. The normalized spacial score (nSPS) is 14.6. The molecule has 4 heteroatoms. The molecule has 0 saturated heterocycles.